The Morgan fingerprint density at radius 1 is 1.26 bits per heavy atom. The molecule has 3 aromatic heterocycles. The average molecular weight is 383 g/mol. The van der Waals surface area contributed by atoms with Gasteiger partial charge in [0.25, 0.3) is 0 Å². The minimum Gasteiger partial charge on any atom is -0.472 e. The van der Waals surface area contributed by atoms with Crippen molar-refractivity contribution in [2.75, 3.05) is 43.4 Å². The average Bonchev–Trinajstić information content (AvgIpc) is 3.35. The van der Waals surface area contributed by atoms with Gasteiger partial charge in [0.2, 0.25) is 5.91 Å². The number of carbonyl (C=O) groups excluding carboxylic acids is 1. The van der Waals surface area contributed by atoms with Gasteiger partial charge in [0, 0.05) is 37.1 Å². The minimum absolute atomic E-state index is 0.126. The zero-order chi connectivity index (χ0) is 18.6. The molecule has 1 saturated heterocycles. The maximum atomic E-state index is 12.3. The molecule has 1 aliphatic heterocycles. The van der Waals surface area contributed by atoms with E-state index in [-0.39, 0.29) is 12.3 Å². The normalized spacial score (nSPS) is 15.1. The number of hydrogen-bond donors (Lipinski definition) is 1. The smallest absolute Gasteiger partial charge is 0.231 e. The number of aromatic nitrogens is 2. The fraction of sp³-hybridized carbons (Fsp3) is 0.316. The highest BCUT2D eigenvalue weighted by molar-refractivity contribution is 7.13. The highest BCUT2D eigenvalue weighted by Gasteiger charge is 2.15. The summed E-state index contributed by atoms with van der Waals surface area (Å²) in [6, 6.07) is 5.71. The van der Waals surface area contributed by atoms with Crippen LogP contribution in [-0.4, -0.2) is 54.0 Å². The molecule has 1 amide bonds. The molecule has 27 heavy (non-hydrogen) atoms. The van der Waals surface area contributed by atoms with E-state index in [9.17, 15) is 4.79 Å². The number of anilines is 2. The molecule has 0 radical (unpaired) electrons. The van der Waals surface area contributed by atoms with E-state index in [2.05, 4.69) is 32.1 Å². The van der Waals surface area contributed by atoms with Crippen LogP contribution in [-0.2, 0) is 11.2 Å². The number of thiazole rings is 1. The Kier molecular flexibility index (Phi) is 5.17. The second-order valence-corrected chi connectivity index (χ2v) is 7.43. The van der Waals surface area contributed by atoms with E-state index in [4.69, 9.17) is 4.42 Å². The summed E-state index contributed by atoms with van der Waals surface area (Å²) in [5.41, 5.74) is 2.75. The van der Waals surface area contributed by atoms with Gasteiger partial charge in [0.05, 0.1) is 30.3 Å². The highest BCUT2D eigenvalue weighted by Crippen LogP contribution is 2.24. The lowest BCUT2D eigenvalue weighted by molar-refractivity contribution is -0.115. The van der Waals surface area contributed by atoms with E-state index < -0.39 is 0 Å². The van der Waals surface area contributed by atoms with Crippen molar-refractivity contribution in [3.05, 3.63) is 48.0 Å². The number of nitrogens with zero attached hydrogens (tertiary/aromatic N) is 4. The third kappa shape index (κ3) is 4.35. The molecule has 140 valence electrons. The van der Waals surface area contributed by atoms with E-state index >= 15 is 0 Å². The van der Waals surface area contributed by atoms with Crippen LogP contribution in [0.4, 0.5) is 11.5 Å². The summed E-state index contributed by atoms with van der Waals surface area (Å²) in [5.74, 6) is 0.432. The second kappa shape index (κ2) is 7.89. The Labute approximate surface area is 161 Å². The number of hydrogen-bond acceptors (Lipinski definition) is 7. The monoisotopic (exact) mass is 383 g/mol. The molecule has 1 N–H and O–H groups in total. The lowest BCUT2D eigenvalue weighted by Crippen LogP contribution is -2.44. The molecule has 1 aliphatic rings. The van der Waals surface area contributed by atoms with Gasteiger partial charge in [0.1, 0.15) is 17.1 Å². The number of pyridine rings is 1. The molecule has 0 aliphatic carbocycles. The topological polar surface area (TPSA) is 74.5 Å². The van der Waals surface area contributed by atoms with E-state index in [1.807, 2.05) is 29.8 Å². The lowest BCUT2D eigenvalue weighted by atomic mass is 10.3. The Hall–Kier alpha value is -2.71. The van der Waals surface area contributed by atoms with Gasteiger partial charge in [-0.3, -0.25) is 4.79 Å². The molecule has 0 atom stereocenters. The summed E-state index contributed by atoms with van der Waals surface area (Å²) in [6.07, 6.45) is 5.30. The Morgan fingerprint density at radius 2 is 2.11 bits per heavy atom. The van der Waals surface area contributed by atoms with Gasteiger partial charge in [-0.1, -0.05) is 0 Å². The first kappa shape index (κ1) is 17.7. The summed E-state index contributed by atoms with van der Waals surface area (Å²) in [4.78, 5) is 25.8. The van der Waals surface area contributed by atoms with Crippen LogP contribution < -0.4 is 10.2 Å². The molecule has 4 heterocycles. The van der Waals surface area contributed by atoms with Gasteiger partial charge in [0.15, 0.2) is 0 Å². The zero-order valence-electron chi connectivity index (χ0n) is 15.1. The summed E-state index contributed by atoms with van der Waals surface area (Å²) in [5, 5.41) is 5.58. The third-order valence-electron chi connectivity index (χ3n) is 4.55. The molecule has 4 rings (SSSR count). The molecule has 8 heteroatoms. The fourth-order valence-corrected chi connectivity index (χ4v) is 3.78. The number of piperazine rings is 1. The van der Waals surface area contributed by atoms with Gasteiger partial charge >= 0.3 is 0 Å². The first-order chi connectivity index (χ1) is 13.2. The predicted molar refractivity (Wildman–Crippen MR) is 106 cm³/mol. The molecule has 0 saturated carbocycles. The Morgan fingerprint density at radius 3 is 2.81 bits per heavy atom. The maximum Gasteiger partial charge on any atom is 0.231 e. The van der Waals surface area contributed by atoms with Gasteiger partial charge in [-0.15, -0.1) is 11.3 Å². The maximum absolute atomic E-state index is 12.3. The van der Waals surface area contributed by atoms with E-state index in [1.165, 1.54) is 11.3 Å². The first-order valence-corrected chi connectivity index (χ1v) is 9.72. The van der Waals surface area contributed by atoms with Crippen molar-refractivity contribution >= 4 is 28.7 Å². The lowest BCUT2D eigenvalue weighted by Gasteiger charge is -2.33. The summed E-state index contributed by atoms with van der Waals surface area (Å²) in [6.45, 7) is 4.08. The van der Waals surface area contributed by atoms with Gasteiger partial charge in [-0.05, 0) is 25.2 Å². The molecule has 7 nitrogen and oxygen atoms in total. The first-order valence-electron chi connectivity index (χ1n) is 8.84. The van der Waals surface area contributed by atoms with Crippen molar-refractivity contribution in [2.45, 2.75) is 6.42 Å². The molecule has 0 aromatic carbocycles. The SMILES string of the molecule is CN1CCN(c2ccc(NC(=O)Cc3csc(-c4ccoc4)n3)nc2)CC1. The highest BCUT2D eigenvalue weighted by atomic mass is 32.1. The van der Waals surface area contributed by atoms with Crippen LogP contribution in [0.3, 0.4) is 0 Å². The van der Waals surface area contributed by atoms with Crippen molar-refractivity contribution in [1.82, 2.24) is 14.9 Å². The fourth-order valence-electron chi connectivity index (χ4n) is 2.97. The zero-order valence-corrected chi connectivity index (χ0v) is 15.9. The number of furan rings is 1. The van der Waals surface area contributed by atoms with Crippen LogP contribution in [0.1, 0.15) is 5.69 Å². The number of carbonyl (C=O) groups is 1. The van der Waals surface area contributed by atoms with Crippen molar-refractivity contribution < 1.29 is 9.21 Å². The van der Waals surface area contributed by atoms with E-state index in [1.54, 1.807) is 12.5 Å². The standard InChI is InChI=1S/C19H21N5O2S/c1-23-5-7-24(8-6-23)16-2-3-17(20-11-16)22-18(25)10-15-13-27-19(21-15)14-4-9-26-12-14/h2-4,9,11-13H,5-8,10H2,1H3,(H,20,22,25). The Balaban J connectivity index is 1.33. The molecule has 0 spiro atoms. The second-order valence-electron chi connectivity index (χ2n) is 6.57. The van der Waals surface area contributed by atoms with Crippen molar-refractivity contribution in [2.24, 2.45) is 0 Å². The molecule has 0 bridgehead atoms. The van der Waals surface area contributed by atoms with Crippen LogP contribution in [0.2, 0.25) is 0 Å². The number of nitrogens with one attached hydrogen (secondary N) is 1. The van der Waals surface area contributed by atoms with Crippen LogP contribution in [0.5, 0.6) is 0 Å². The van der Waals surface area contributed by atoms with Gasteiger partial charge in [-0.2, -0.15) is 0 Å². The van der Waals surface area contributed by atoms with Crippen LogP contribution in [0, 0.1) is 0 Å². The molecular formula is C19H21N5O2S. The van der Waals surface area contributed by atoms with Crippen LogP contribution in [0.25, 0.3) is 10.6 Å². The number of rotatable bonds is 5. The quantitative estimate of drug-likeness (QED) is 0.730. The number of likely N-dealkylation sites (N-methyl/N-ethyl adjacent to an activating group) is 1. The molecule has 0 unspecified atom stereocenters. The Bertz CT molecular complexity index is 883. The van der Waals surface area contributed by atoms with Crippen LogP contribution in [0.15, 0.2) is 46.7 Å². The summed E-state index contributed by atoms with van der Waals surface area (Å²) in [7, 11) is 2.13. The largest absolute Gasteiger partial charge is 0.472 e. The van der Waals surface area contributed by atoms with Gasteiger partial charge < -0.3 is 19.5 Å². The van der Waals surface area contributed by atoms with Crippen LogP contribution >= 0.6 is 11.3 Å². The minimum atomic E-state index is -0.126. The summed E-state index contributed by atoms with van der Waals surface area (Å²) < 4.78 is 5.07. The molecule has 1 fully saturated rings. The van der Waals surface area contributed by atoms with E-state index in [0.29, 0.717) is 5.82 Å². The molecular weight excluding hydrogens is 362 g/mol. The predicted octanol–water partition coefficient (Wildman–Crippen LogP) is 2.73. The van der Waals surface area contributed by atoms with Gasteiger partial charge in [-0.25, -0.2) is 9.97 Å². The third-order valence-corrected chi connectivity index (χ3v) is 5.49. The van der Waals surface area contributed by atoms with Crippen molar-refractivity contribution in [3.8, 4) is 10.6 Å². The van der Waals surface area contributed by atoms with E-state index in [0.717, 1.165) is 48.1 Å². The van der Waals surface area contributed by atoms with Crippen molar-refractivity contribution in [1.29, 1.82) is 0 Å². The number of amides is 1. The summed E-state index contributed by atoms with van der Waals surface area (Å²) >= 11 is 1.50. The van der Waals surface area contributed by atoms with Crippen molar-refractivity contribution in [3.63, 3.8) is 0 Å². The molecule has 3 aromatic rings.